The van der Waals surface area contributed by atoms with Crippen molar-refractivity contribution in [1.82, 2.24) is 5.32 Å². The molecule has 0 fully saturated rings. The summed E-state index contributed by atoms with van der Waals surface area (Å²) in [4.78, 5) is 14.1. The number of benzene rings is 2. The van der Waals surface area contributed by atoms with Crippen LogP contribution in [0.15, 0.2) is 36.4 Å². The summed E-state index contributed by atoms with van der Waals surface area (Å²) in [5, 5.41) is 2.89. The maximum absolute atomic E-state index is 14.1. The molecule has 26 heavy (non-hydrogen) atoms. The smallest absolute Gasteiger partial charge is 0.251 e. The highest BCUT2D eigenvalue weighted by molar-refractivity contribution is 5.94. The highest BCUT2D eigenvalue weighted by Crippen LogP contribution is 2.36. The minimum Gasteiger partial charge on any atom is -0.454 e. The standard InChI is InChI=1S/C20H23FN2O3/c1-20(2,14-6-8-17-18(10-14)26-12-25-17)11-22-19(24)13-5-7-16(23(3)4)15(21)9-13/h5-10H,11-12H2,1-4H3,(H,22,24). The van der Waals surface area contributed by atoms with E-state index in [2.05, 4.69) is 5.32 Å². The number of ether oxygens (including phenoxy) is 2. The lowest BCUT2D eigenvalue weighted by Crippen LogP contribution is -2.36. The Bertz CT molecular complexity index is 834. The molecule has 1 aliphatic heterocycles. The summed E-state index contributed by atoms with van der Waals surface area (Å²) < 4.78 is 24.8. The third-order valence-electron chi connectivity index (χ3n) is 4.54. The summed E-state index contributed by atoms with van der Waals surface area (Å²) in [6.07, 6.45) is 0. The lowest BCUT2D eigenvalue weighted by Gasteiger charge is -2.26. The second-order valence-corrected chi connectivity index (χ2v) is 7.20. The van der Waals surface area contributed by atoms with Gasteiger partial charge in [-0.3, -0.25) is 4.79 Å². The lowest BCUT2D eigenvalue weighted by atomic mass is 9.84. The van der Waals surface area contributed by atoms with Crippen LogP contribution in [0.2, 0.25) is 0 Å². The Balaban J connectivity index is 1.69. The molecule has 0 aromatic heterocycles. The fraction of sp³-hybridized carbons (Fsp3) is 0.350. The lowest BCUT2D eigenvalue weighted by molar-refractivity contribution is 0.0945. The van der Waals surface area contributed by atoms with Crippen molar-refractivity contribution in [3.63, 3.8) is 0 Å². The number of fused-ring (bicyclic) bond motifs is 1. The average Bonchev–Trinajstić information content (AvgIpc) is 3.07. The fourth-order valence-electron chi connectivity index (χ4n) is 2.83. The van der Waals surface area contributed by atoms with Crippen molar-refractivity contribution in [3.8, 4) is 11.5 Å². The molecule has 0 bridgehead atoms. The summed E-state index contributed by atoms with van der Waals surface area (Å²) >= 11 is 0. The molecule has 138 valence electrons. The highest BCUT2D eigenvalue weighted by Gasteiger charge is 2.25. The Labute approximate surface area is 152 Å². The van der Waals surface area contributed by atoms with E-state index in [0.29, 0.717) is 23.5 Å². The number of amides is 1. The maximum atomic E-state index is 14.1. The predicted molar refractivity (Wildman–Crippen MR) is 98.7 cm³/mol. The predicted octanol–water partition coefficient (Wildman–Crippen LogP) is 3.33. The first-order valence-electron chi connectivity index (χ1n) is 8.43. The zero-order chi connectivity index (χ0) is 18.9. The van der Waals surface area contributed by atoms with Gasteiger partial charge in [0.05, 0.1) is 5.69 Å². The molecular weight excluding hydrogens is 335 g/mol. The molecule has 3 rings (SSSR count). The molecule has 0 saturated carbocycles. The molecule has 1 amide bonds. The minimum atomic E-state index is -0.419. The summed E-state index contributed by atoms with van der Waals surface area (Å²) in [6, 6.07) is 10.3. The molecule has 0 aliphatic carbocycles. The van der Waals surface area contributed by atoms with Crippen LogP contribution in [0.3, 0.4) is 0 Å². The third kappa shape index (κ3) is 3.59. The van der Waals surface area contributed by atoms with Crippen LogP contribution >= 0.6 is 0 Å². The van der Waals surface area contributed by atoms with E-state index in [1.54, 1.807) is 31.1 Å². The van der Waals surface area contributed by atoms with Gasteiger partial charge in [0.25, 0.3) is 5.91 Å². The summed E-state index contributed by atoms with van der Waals surface area (Å²) in [7, 11) is 3.51. The number of carbonyl (C=O) groups is 1. The van der Waals surface area contributed by atoms with Gasteiger partial charge in [-0.05, 0) is 35.9 Å². The van der Waals surface area contributed by atoms with Crippen molar-refractivity contribution in [1.29, 1.82) is 0 Å². The van der Waals surface area contributed by atoms with Crippen molar-refractivity contribution in [2.24, 2.45) is 0 Å². The first-order valence-corrected chi connectivity index (χ1v) is 8.43. The van der Waals surface area contributed by atoms with E-state index < -0.39 is 5.82 Å². The van der Waals surface area contributed by atoms with Crippen LogP contribution in [0.1, 0.15) is 29.8 Å². The largest absolute Gasteiger partial charge is 0.454 e. The van der Waals surface area contributed by atoms with Crippen molar-refractivity contribution >= 4 is 11.6 Å². The number of carbonyl (C=O) groups excluding carboxylic acids is 1. The van der Waals surface area contributed by atoms with Gasteiger partial charge in [0.15, 0.2) is 11.5 Å². The van der Waals surface area contributed by atoms with Gasteiger partial charge in [-0.25, -0.2) is 4.39 Å². The van der Waals surface area contributed by atoms with E-state index in [0.717, 1.165) is 11.3 Å². The molecular formula is C20H23FN2O3. The Morgan fingerprint density at radius 2 is 1.88 bits per heavy atom. The number of hydrogen-bond acceptors (Lipinski definition) is 4. The Morgan fingerprint density at radius 1 is 1.15 bits per heavy atom. The fourth-order valence-corrected chi connectivity index (χ4v) is 2.83. The molecule has 2 aromatic carbocycles. The van der Waals surface area contributed by atoms with Crippen LogP contribution in [0, 0.1) is 5.82 Å². The number of nitrogens with one attached hydrogen (secondary N) is 1. The molecule has 1 heterocycles. The van der Waals surface area contributed by atoms with Crippen molar-refractivity contribution in [2.75, 3.05) is 32.3 Å². The van der Waals surface area contributed by atoms with Crippen molar-refractivity contribution < 1.29 is 18.7 Å². The zero-order valence-electron chi connectivity index (χ0n) is 15.4. The molecule has 0 radical (unpaired) electrons. The van der Waals surface area contributed by atoms with E-state index in [4.69, 9.17) is 9.47 Å². The van der Waals surface area contributed by atoms with Crippen LogP contribution in [-0.2, 0) is 5.41 Å². The molecule has 0 saturated heterocycles. The quantitative estimate of drug-likeness (QED) is 0.891. The van der Waals surface area contributed by atoms with Gasteiger partial charge in [-0.1, -0.05) is 19.9 Å². The number of hydrogen-bond donors (Lipinski definition) is 1. The molecule has 0 unspecified atom stereocenters. The SMILES string of the molecule is CN(C)c1ccc(C(=O)NCC(C)(C)c2ccc3c(c2)OCO3)cc1F. The number of halogens is 1. The van der Waals surface area contributed by atoms with Gasteiger partial charge in [0.2, 0.25) is 6.79 Å². The van der Waals surface area contributed by atoms with Gasteiger partial charge >= 0.3 is 0 Å². The van der Waals surface area contributed by atoms with Crippen molar-refractivity contribution in [2.45, 2.75) is 19.3 Å². The van der Waals surface area contributed by atoms with Gasteiger partial charge in [0.1, 0.15) is 5.82 Å². The second kappa shape index (κ2) is 6.86. The summed E-state index contributed by atoms with van der Waals surface area (Å²) in [5.74, 6) is 0.717. The summed E-state index contributed by atoms with van der Waals surface area (Å²) in [5.41, 5.74) is 1.45. The van der Waals surface area contributed by atoms with Crippen LogP contribution in [-0.4, -0.2) is 33.3 Å². The van der Waals surface area contributed by atoms with Crippen LogP contribution in [0.5, 0.6) is 11.5 Å². The highest BCUT2D eigenvalue weighted by atomic mass is 19.1. The normalized spacial score (nSPS) is 12.8. The monoisotopic (exact) mass is 358 g/mol. The second-order valence-electron chi connectivity index (χ2n) is 7.20. The van der Waals surface area contributed by atoms with Crippen LogP contribution in [0.4, 0.5) is 10.1 Å². The molecule has 1 aliphatic rings. The van der Waals surface area contributed by atoms with Crippen LogP contribution in [0.25, 0.3) is 0 Å². The maximum Gasteiger partial charge on any atom is 0.251 e. The van der Waals surface area contributed by atoms with E-state index in [9.17, 15) is 9.18 Å². The molecule has 0 atom stereocenters. The number of rotatable bonds is 5. The topological polar surface area (TPSA) is 50.8 Å². The molecule has 2 aromatic rings. The summed E-state index contributed by atoms with van der Waals surface area (Å²) in [6.45, 7) is 4.69. The van der Waals surface area contributed by atoms with Gasteiger partial charge in [-0.15, -0.1) is 0 Å². The van der Waals surface area contributed by atoms with Crippen LogP contribution < -0.4 is 19.7 Å². The number of nitrogens with zero attached hydrogens (tertiary/aromatic N) is 1. The van der Waals surface area contributed by atoms with Crippen molar-refractivity contribution in [3.05, 3.63) is 53.3 Å². The van der Waals surface area contributed by atoms with E-state index >= 15 is 0 Å². The molecule has 6 heteroatoms. The molecule has 0 spiro atoms. The first-order chi connectivity index (χ1) is 12.3. The molecule has 1 N–H and O–H groups in total. The van der Waals surface area contributed by atoms with Gasteiger partial charge < -0.3 is 19.7 Å². The average molecular weight is 358 g/mol. The van der Waals surface area contributed by atoms with E-state index in [1.165, 1.54) is 6.07 Å². The zero-order valence-corrected chi connectivity index (χ0v) is 15.4. The molecule has 5 nitrogen and oxygen atoms in total. The Morgan fingerprint density at radius 3 is 2.58 bits per heavy atom. The Kier molecular flexibility index (Phi) is 4.76. The van der Waals surface area contributed by atoms with Gasteiger partial charge in [-0.2, -0.15) is 0 Å². The van der Waals surface area contributed by atoms with E-state index in [1.807, 2.05) is 32.0 Å². The van der Waals surface area contributed by atoms with E-state index in [-0.39, 0.29) is 18.1 Å². The van der Waals surface area contributed by atoms with Gasteiger partial charge in [0, 0.05) is 31.6 Å². The third-order valence-corrected chi connectivity index (χ3v) is 4.54. The Hall–Kier alpha value is -2.76. The minimum absolute atomic E-state index is 0.227. The first kappa shape index (κ1) is 18.0. The number of anilines is 1.